The van der Waals surface area contributed by atoms with Crippen molar-refractivity contribution in [3.8, 4) is 16.3 Å². The monoisotopic (exact) mass is 457 g/mol. The Bertz CT molecular complexity index is 983. The molecule has 0 atom stereocenters. The van der Waals surface area contributed by atoms with Crippen molar-refractivity contribution in [2.75, 3.05) is 13.2 Å². The molecule has 0 unspecified atom stereocenters. The molecule has 2 aromatic rings. The summed E-state index contributed by atoms with van der Waals surface area (Å²) in [4.78, 5) is 21.3. The molecule has 6 nitrogen and oxygen atoms in total. The number of alkyl halides is 3. The van der Waals surface area contributed by atoms with Crippen LogP contribution < -0.4 is 10.1 Å². The summed E-state index contributed by atoms with van der Waals surface area (Å²) < 4.78 is 40.6. The number of halogens is 3. The minimum absolute atomic E-state index is 0.0179. The number of benzene rings is 1. The van der Waals surface area contributed by atoms with Gasteiger partial charge in [0.15, 0.2) is 5.17 Å². The number of thiazole rings is 1. The standard InChI is InChI=1S/C19H18F3N3O3S2/c1-18(2,10-26)9-23-17-25-15(27)14(30-17)7-12-8-29-16(24-12)11-3-5-13(6-4-11)28-19(20,21)22/h3-8,26H,9-10H2,1-2H3,(H,23,25,27)/b14-7-. The highest BCUT2D eigenvalue weighted by atomic mass is 32.2. The molecular formula is C19H18F3N3O3S2. The second-order valence-corrected chi connectivity index (χ2v) is 9.05. The number of amides is 1. The third-order valence-electron chi connectivity index (χ3n) is 3.87. The molecule has 1 aromatic carbocycles. The van der Waals surface area contributed by atoms with E-state index in [0.717, 1.165) is 0 Å². The molecule has 0 bridgehead atoms. The fourth-order valence-corrected chi connectivity index (χ4v) is 3.84. The molecule has 11 heteroatoms. The Balaban J connectivity index is 1.70. The molecule has 1 amide bonds. The molecule has 0 saturated carbocycles. The first-order valence-electron chi connectivity index (χ1n) is 8.73. The highest BCUT2D eigenvalue weighted by Gasteiger charge is 2.31. The summed E-state index contributed by atoms with van der Waals surface area (Å²) in [6.45, 7) is 4.09. The zero-order chi connectivity index (χ0) is 21.9. The van der Waals surface area contributed by atoms with Crippen LogP contribution in [0.25, 0.3) is 16.6 Å². The number of carbonyl (C=O) groups is 1. The predicted molar refractivity (Wildman–Crippen MR) is 111 cm³/mol. The minimum Gasteiger partial charge on any atom is -0.406 e. The summed E-state index contributed by atoms with van der Waals surface area (Å²) in [5, 5.41) is 14.8. The lowest BCUT2D eigenvalue weighted by Crippen LogP contribution is -2.24. The summed E-state index contributed by atoms with van der Waals surface area (Å²) in [5.41, 5.74) is 0.811. The zero-order valence-electron chi connectivity index (χ0n) is 16.0. The number of aromatic nitrogens is 1. The van der Waals surface area contributed by atoms with Crippen LogP contribution in [0.15, 0.2) is 39.5 Å². The van der Waals surface area contributed by atoms with Crippen molar-refractivity contribution in [1.82, 2.24) is 10.3 Å². The van der Waals surface area contributed by atoms with Gasteiger partial charge in [-0.15, -0.1) is 24.5 Å². The minimum atomic E-state index is -4.74. The Labute approximate surface area is 178 Å². The van der Waals surface area contributed by atoms with Crippen LogP contribution in [-0.4, -0.2) is 40.7 Å². The van der Waals surface area contributed by atoms with Crippen molar-refractivity contribution in [2.45, 2.75) is 20.2 Å². The number of aliphatic hydroxyl groups excluding tert-OH is 1. The predicted octanol–water partition coefficient (Wildman–Crippen LogP) is 4.29. The number of thioether (sulfide) groups is 1. The number of rotatable bonds is 6. The average Bonchev–Trinajstić information content (AvgIpc) is 3.27. The number of hydrogen-bond acceptors (Lipinski definition) is 7. The number of ether oxygens (including phenoxy) is 1. The molecule has 0 radical (unpaired) electrons. The summed E-state index contributed by atoms with van der Waals surface area (Å²) in [7, 11) is 0. The second kappa shape index (κ2) is 8.78. The number of hydrogen-bond donors (Lipinski definition) is 2. The van der Waals surface area contributed by atoms with Crippen LogP contribution in [0, 0.1) is 5.41 Å². The van der Waals surface area contributed by atoms with Crippen molar-refractivity contribution >= 4 is 40.2 Å². The zero-order valence-corrected chi connectivity index (χ0v) is 17.6. The summed E-state index contributed by atoms with van der Waals surface area (Å²) >= 11 is 2.49. The highest BCUT2D eigenvalue weighted by molar-refractivity contribution is 8.18. The topological polar surface area (TPSA) is 83.8 Å². The van der Waals surface area contributed by atoms with Crippen molar-refractivity contribution in [3.05, 3.63) is 40.2 Å². The molecule has 0 aliphatic carbocycles. The SMILES string of the molecule is CC(C)(CO)CN=C1NC(=O)/C(=C/c2csc(-c3ccc(OC(F)(F)F)cc3)n2)S1. The number of aliphatic imine (C=N–C) groups is 1. The number of carbonyl (C=O) groups excluding carboxylic acids is 1. The van der Waals surface area contributed by atoms with E-state index in [4.69, 9.17) is 0 Å². The second-order valence-electron chi connectivity index (χ2n) is 7.16. The van der Waals surface area contributed by atoms with E-state index in [-0.39, 0.29) is 23.7 Å². The number of nitrogens with zero attached hydrogens (tertiary/aromatic N) is 2. The lowest BCUT2D eigenvalue weighted by Gasteiger charge is -2.18. The molecule has 3 rings (SSSR count). The van der Waals surface area contributed by atoms with Crippen molar-refractivity contribution in [3.63, 3.8) is 0 Å². The first-order chi connectivity index (χ1) is 14.0. The third-order valence-corrected chi connectivity index (χ3v) is 5.72. The molecule has 1 aromatic heterocycles. The van der Waals surface area contributed by atoms with Gasteiger partial charge in [0.05, 0.1) is 10.6 Å². The van der Waals surface area contributed by atoms with E-state index in [1.807, 2.05) is 13.8 Å². The Morgan fingerprint density at radius 1 is 1.27 bits per heavy atom. The Kier molecular flexibility index (Phi) is 6.53. The van der Waals surface area contributed by atoms with E-state index in [0.29, 0.717) is 32.9 Å². The van der Waals surface area contributed by atoms with E-state index in [2.05, 4.69) is 20.0 Å². The Morgan fingerprint density at radius 3 is 2.60 bits per heavy atom. The molecule has 0 spiro atoms. The first-order valence-corrected chi connectivity index (χ1v) is 10.4. The number of aliphatic hydroxyl groups is 1. The van der Waals surface area contributed by atoms with Crippen LogP contribution >= 0.6 is 23.1 Å². The lowest BCUT2D eigenvalue weighted by atomic mass is 9.95. The van der Waals surface area contributed by atoms with Crippen LogP contribution in [0.5, 0.6) is 5.75 Å². The maximum atomic E-state index is 12.3. The molecule has 1 aliphatic rings. The fraction of sp³-hybridized carbons (Fsp3) is 0.316. The maximum absolute atomic E-state index is 12.3. The quantitative estimate of drug-likeness (QED) is 0.633. The van der Waals surface area contributed by atoms with Gasteiger partial charge in [-0.3, -0.25) is 9.79 Å². The van der Waals surface area contributed by atoms with Crippen LogP contribution in [0.2, 0.25) is 0 Å². The van der Waals surface area contributed by atoms with Gasteiger partial charge in [0.1, 0.15) is 10.8 Å². The first kappa shape index (κ1) is 22.3. The van der Waals surface area contributed by atoms with Gasteiger partial charge in [-0.1, -0.05) is 13.8 Å². The van der Waals surface area contributed by atoms with Gasteiger partial charge in [-0.2, -0.15) is 0 Å². The van der Waals surface area contributed by atoms with Gasteiger partial charge in [0.25, 0.3) is 5.91 Å². The van der Waals surface area contributed by atoms with Gasteiger partial charge >= 0.3 is 6.36 Å². The molecule has 1 aliphatic heterocycles. The van der Waals surface area contributed by atoms with E-state index < -0.39 is 6.36 Å². The van der Waals surface area contributed by atoms with E-state index in [1.54, 1.807) is 11.5 Å². The number of nitrogens with one attached hydrogen (secondary N) is 1. The van der Waals surface area contributed by atoms with Gasteiger partial charge in [-0.05, 0) is 42.1 Å². The molecule has 160 valence electrons. The van der Waals surface area contributed by atoms with Gasteiger partial charge < -0.3 is 15.2 Å². The van der Waals surface area contributed by atoms with Crippen LogP contribution in [-0.2, 0) is 4.79 Å². The van der Waals surface area contributed by atoms with Crippen LogP contribution in [0.3, 0.4) is 0 Å². The van der Waals surface area contributed by atoms with Gasteiger partial charge in [0.2, 0.25) is 0 Å². The maximum Gasteiger partial charge on any atom is 0.573 e. The summed E-state index contributed by atoms with van der Waals surface area (Å²) in [6.07, 6.45) is -3.11. The molecule has 2 heterocycles. The normalized spacial score (nSPS) is 17.6. The van der Waals surface area contributed by atoms with Gasteiger partial charge in [-0.25, -0.2) is 4.98 Å². The van der Waals surface area contributed by atoms with Gasteiger partial charge in [0, 0.05) is 29.5 Å². The number of amidine groups is 1. The van der Waals surface area contributed by atoms with Crippen molar-refractivity contribution < 1.29 is 27.8 Å². The van der Waals surface area contributed by atoms with E-state index in [1.165, 1.54) is 47.4 Å². The smallest absolute Gasteiger partial charge is 0.406 e. The fourth-order valence-electron chi connectivity index (χ4n) is 2.26. The van der Waals surface area contributed by atoms with E-state index >= 15 is 0 Å². The molecule has 1 fully saturated rings. The average molecular weight is 457 g/mol. The highest BCUT2D eigenvalue weighted by Crippen LogP contribution is 2.31. The molecule has 2 N–H and O–H groups in total. The Morgan fingerprint density at radius 2 is 1.97 bits per heavy atom. The summed E-state index contributed by atoms with van der Waals surface area (Å²) in [5.74, 6) is -0.593. The third kappa shape index (κ3) is 6.07. The molecule has 1 saturated heterocycles. The molecule has 30 heavy (non-hydrogen) atoms. The van der Waals surface area contributed by atoms with Crippen LogP contribution in [0.4, 0.5) is 13.2 Å². The van der Waals surface area contributed by atoms with Crippen molar-refractivity contribution in [1.29, 1.82) is 0 Å². The largest absolute Gasteiger partial charge is 0.573 e. The lowest BCUT2D eigenvalue weighted by molar-refractivity contribution is -0.274. The van der Waals surface area contributed by atoms with Crippen LogP contribution in [0.1, 0.15) is 19.5 Å². The summed E-state index contributed by atoms with van der Waals surface area (Å²) in [6, 6.07) is 5.42. The molecular weight excluding hydrogens is 439 g/mol. The van der Waals surface area contributed by atoms with Crippen molar-refractivity contribution in [2.24, 2.45) is 10.4 Å². The van der Waals surface area contributed by atoms with E-state index in [9.17, 15) is 23.1 Å². The Hall–Kier alpha value is -2.37.